The van der Waals surface area contributed by atoms with E-state index < -0.39 is 7.60 Å². The van der Waals surface area contributed by atoms with Crippen LogP contribution in [0.3, 0.4) is 0 Å². The van der Waals surface area contributed by atoms with E-state index in [0.29, 0.717) is 30.6 Å². The first-order valence-electron chi connectivity index (χ1n) is 10.5. The van der Waals surface area contributed by atoms with Crippen molar-refractivity contribution in [2.75, 3.05) is 26.7 Å². The molecule has 7 heteroatoms. The van der Waals surface area contributed by atoms with E-state index in [-0.39, 0.29) is 24.0 Å². The largest absolute Gasteiger partial charge is 0.488 e. The normalized spacial score (nSPS) is 23.0. The van der Waals surface area contributed by atoms with Gasteiger partial charge in [0.2, 0.25) is 0 Å². The topological polar surface area (TPSA) is 63.2 Å². The first kappa shape index (κ1) is 24.2. The molecular weight excluding hydrogens is 391 g/mol. The van der Waals surface area contributed by atoms with Gasteiger partial charge < -0.3 is 23.3 Å². The summed E-state index contributed by atoms with van der Waals surface area (Å²) in [6, 6.07) is 7.38. The van der Waals surface area contributed by atoms with Gasteiger partial charge in [-0.15, -0.1) is 0 Å². The van der Waals surface area contributed by atoms with E-state index in [4.69, 9.17) is 23.3 Å². The Hall–Kier alpha value is -1.07. The lowest BCUT2D eigenvalue weighted by atomic mass is 9.71. The summed E-state index contributed by atoms with van der Waals surface area (Å²) in [6.45, 7) is 11.0. The van der Waals surface area contributed by atoms with E-state index in [2.05, 4.69) is 20.8 Å². The number of methoxy groups -OCH3 is 1. The van der Waals surface area contributed by atoms with Crippen LogP contribution in [0.15, 0.2) is 24.3 Å². The summed E-state index contributed by atoms with van der Waals surface area (Å²) >= 11 is 0. The molecule has 166 valence electrons. The molecule has 1 aromatic carbocycles. The molecule has 3 atom stereocenters. The molecule has 2 rings (SSSR count). The van der Waals surface area contributed by atoms with Crippen LogP contribution in [0.1, 0.15) is 53.9 Å². The molecule has 1 fully saturated rings. The van der Waals surface area contributed by atoms with Crippen molar-refractivity contribution in [2.45, 2.75) is 66.1 Å². The number of benzene rings is 1. The summed E-state index contributed by atoms with van der Waals surface area (Å²) in [4.78, 5) is 0. The van der Waals surface area contributed by atoms with Crippen LogP contribution in [-0.4, -0.2) is 38.9 Å². The highest BCUT2D eigenvalue weighted by molar-refractivity contribution is 7.53. The molecule has 0 spiro atoms. The highest BCUT2D eigenvalue weighted by Gasteiger charge is 2.37. The van der Waals surface area contributed by atoms with E-state index in [1.54, 1.807) is 27.0 Å². The standard InChI is InChI=1S/C22H37O6P/c1-7-26-29(23,27-8-2)16-25-18-10-9-11-19(15-18)28-20-13-12-17(22(3,4)5)14-21(20)24-6/h9-11,15,17,20-21H,7-8,12-14,16H2,1-6H3/t17?,20-,21-/m1/s1. The SMILES string of the molecule is CCOP(=O)(COc1cccc(O[C@@H]2CCC(C(C)(C)C)C[C@H]2OC)c1)OCC. The van der Waals surface area contributed by atoms with Crippen molar-refractivity contribution in [3.05, 3.63) is 24.3 Å². The van der Waals surface area contributed by atoms with E-state index in [1.165, 1.54) is 0 Å². The third-order valence-corrected chi connectivity index (χ3v) is 7.14. The predicted octanol–water partition coefficient (Wildman–Crippen LogP) is 5.90. The summed E-state index contributed by atoms with van der Waals surface area (Å²) in [5.41, 5.74) is 0.268. The summed E-state index contributed by atoms with van der Waals surface area (Å²) in [5.74, 6) is 1.90. The van der Waals surface area contributed by atoms with Gasteiger partial charge >= 0.3 is 7.60 Å². The van der Waals surface area contributed by atoms with Crippen molar-refractivity contribution < 1.29 is 27.8 Å². The first-order valence-corrected chi connectivity index (χ1v) is 12.2. The monoisotopic (exact) mass is 428 g/mol. The molecule has 1 unspecified atom stereocenters. The summed E-state index contributed by atoms with van der Waals surface area (Å²) < 4.78 is 40.8. The van der Waals surface area contributed by atoms with Gasteiger partial charge in [0.1, 0.15) is 17.6 Å². The molecule has 1 saturated carbocycles. The van der Waals surface area contributed by atoms with E-state index >= 15 is 0 Å². The minimum absolute atomic E-state index is 0.00630. The lowest BCUT2D eigenvalue weighted by Crippen LogP contribution is -2.42. The maximum absolute atomic E-state index is 12.6. The quantitative estimate of drug-likeness (QED) is 0.433. The lowest BCUT2D eigenvalue weighted by molar-refractivity contribution is -0.0540. The Labute approximate surface area is 175 Å². The number of ether oxygens (including phenoxy) is 3. The molecule has 1 aromatic rings. The fourth-order valence-electron chi connectivity index (χ4n) is 3.74. The Morgan fingerprint density at radius 3 is 2.28 bits per heavy atom. The zero-order valence-electron chi connectivity index (χ0n) is 18.7. The highest BCUT2D eigenvalue weighted by Crippen LogP contribution is 2.48. The third kappa shape index (κ3) is 7.29. The molecule has 0 amide bonds. The molecule has 1 aliphatic rings. The fraction of sp³-hybridized carbons (Fsp3) is 0.727. The van der Waals surface area contributed by atoms with Crippen LogP contribution in [0.25, 0.3) is 0 Å². The molecule has 0 bridgehead atoms. The Kier molecular flexibility index (Phi) is 9.02. The third-order valence-electron chi connectivity index (χ3n) is 5.39. The molecule has 6 nitrogen and oxygen atoms in total. The van der Waals surface area contributed by atoms with Crippen molar-refractivity contribution in [3.8, 4) is 11.5 Å². The average molecular weight is 429 g/mol. The number of hydrogen-bond acceptors (Lipinski definition) is 6. The van der Waals surface area contributed by atoms with Crippen LogP contribution in [0.4, 0.5) is 0 Å². The summed E-state index contributed by atoms with van der Waals surface area (Å²) in [7, 11) is -1.50. The molecule has 0 aromatic heterocycles. The minimum atomic E-state index is -3.26. The molecule has 0 radical (unpaired) electrons. The Morgan fingerprint density at radius 1 is 1.03 bits per heavy atom. The van der Waals surface area contributed by atoms with E-state index in [9.17, 15) is 4.57 Å². The fourth-order valence-corrected chi connectivity index (χ4v) is 5.06. The molecule has 0 saturated heterocycles. The highest BCUT2D eigenvalue weighted by atomic mass is 31.2. The van der Waals surface area contributed by atoms with Gasteiger partial charge in [-0.05, 0) is 56.6 Å². The van der Waals surface area contributed by atoms with Gasteiger partial charge in [0.25, 0.3) is 0 Å². The van der Waals surface area contributed by atoms with Gasteiger partial charge in [0, 0.05) is 13.2 Å². The van der Waals surface area contributed by atoms with Crippen LogP contribution in [0, 0.1) is 11.3 Å². The zero-order valence-corrected chi connectivity index (χ0v) is 19.6. The molecule has 0 N–H and O–H groups in total. The van der Waals surface area contributed by atoms with Crippen molar-refractivity contribution >= 4 is 7.60 Å². The number of rotatable bonds is 10. The maximum atomic E-state index is 12.6. The number of hydrogen-bond donors (Lipinski definition) is 0. The van der Waals surface area contributed by atoms with Gasteiger partial charge in [-0.1, -0.05) is 26.8 Å². The molecule has 29 heavy (non-hydrogen) atoms. The second-order valence-corrected chi connectivity index (χ2v) is 10.5. The van der Waals surface area contributed by atoms with Crippen LogP contribution in [0.5, 0.6) is 11.5 Å². The van der Waals surface area contributed by atoms with E-state index in [1.807, 2.05) is 18.2 Å². The van der Waals surface area contributed by atoms with Gasteiger partial charge in [-0.25, -0.2) is 0 Å². The molecular formula is C22H37O6P. The average Bonchev–Trinajstić information content (AvgIpc) is 2.67. The van der Waals surface area contributed by atoms with Crippen LogP contribution >= 0.6 is 7.60 Å². The lowest BCUT2D eigenvalue weighted by Gasteiger charge is -2.41. The summed E-state index contributed by atoms with van der Waals surface area (Å²) in [5, 5.41) is 0. The second kappa shape index (κ2) is 10.8. The first-order chi connectivity index (χ1) is 13.7. The van der Waals surface area contributed by atoms with Crippen molar-refractivity contribution in [2.24, 2.45) is 11.3 Å². The summed E-state index contributed by atoms with van der Waals surface area (Å²) in [6.07, 6.45) is 3.01. The van der Waals surface area contributed by atoms with Crippen LogP contribution < -0.4 is 9.47 Å². The smallest absolute Gasteiger partial charge is 0.367 e. The van der Waals surface area contributed by atoms with Crippen molar-refractivity contribution in [1.82, 2.24) is 0 Å². The van der Waals surface area contributed by atoms with Gasteiger partial charge in [-0.2, -0.15) is 0 Å². The van der Waals surface area contributed by atoms with Crippen molar-refractivity contribution in [1.29, 1.82) is 0 Å². The Balaban J connectivity index is 1.99. The van der Waals surface area contributed by atoms with Crippen LogP contribution in [-0.2, 0) is 18.3 Å². The predicted molar refractivity (Wildman–Crippen MR) is 115 cm³/mol. The minimum Gasteiger partial charge on any atom is -0.488 e. The molecule has 0 aliphatic heterocycles. The van der Waals surface area contributed by atoms with E-state index in [0.717, 1.165) is 19.3 Å². The van der Waals surface area contributed by atoms with Gasteiger partial charge in [-0.3, -0.25) is 4.57 Å². The van der Waals surface area contributed by atoms with Crippen LogP contribution in [0.2, 0.25) is 0 Å². The van der Waals surface area contributed by atoms with Crippen molar-refractivity contribution in [3.63, 3.8) is 0 Å². The van der Waals surface area contributed by atoms with Gasteiger partial charge in [0.15, 0.2) is 6.35 Å². The second-order valence-electron chi connectivity index (χ2n) is 8.50. The molecule has 0 heterocycles. The van der Waals surface area contributed by atoms with Gasteiger partial charge in [0.05, 0.1) is 19.3 Å². The zero-order chi connectivity index (χ0) is 21.5. The Bertz CT molecular complexity index is 662. The molecule has 1 aliphatic carbocycles. The Morgan fingerprint density at radius 2 is 1.69 bits per heavy atom. The maximum Gasteiger partial charge on any atom is 0.367 e.